The Hall–Kier alpha value is -0.640. The Bertz CT molecular complexity index is 534. The van der Waals surface area contributed by atoms with Crippen molar-refractivity contribution in [2.24, 2.45) is 0 Å². The number of thiophene rings is 1. The molecule has 1 nitrogen and oxygen atoms in total. The minimum absolute atomic E-state index is 0.385. The number of benzene rings is 1. The standard InChI is InChI=1S/C16H20BrNS/c1-10-5-11(2)7-13(6-10)9-14(18-4)15-8-12(3)16(17)19-15/h5-8,14,18H,9H2,1-4H3. The number of aryl methyl sites for hydroxylation is 3. The van der Waals surface area contributed by atoms with Crippen molar-refractivity contribution in [2.45, 2.75) is 33.2 Å². The molecule has 102 valence electrons. The van der Waals surface area contributed by atoms with Crippen LogP contribution >= 0.6 is 27.3 Å². The molecule has 2 rings (SSSR count). The highest BCUT2D eigenvalue weighted by molar-refractivity contribution is 9.11. The number of hydrogen-bond acceptors (Lipinski definition) is 2. The Morgan fingerprint density at radius 1 is 1.11 bits per heavy atom. The van der Waals surface area contributed by atoms with Crippen LogP contribution in [0.3, 0.4) is 0 Å². The van der Waals surface area contributed by atoms with Crippen molar-refractivity contribution in [3.8, 4) is 0 Å². The Balaban J connectivity index is 2.23. The van der Waals surface area contributed by atoms with Gasteiger partial charge in [-0.15, -0.1) is 11.3 Å². The first-order valence-electron chi connectivity index (χ1n) is 6.50. The summed E-state index contributed by atoms with van der Waals surface area (Å²) in [6, 6.07) is 9.46. The molecule has 1 atom stereocenters. The van der Waals surface area contributed by atoms with Gasteiger partial charge in [-0.3, -0.25) is 0 Å². The molecule has 1 heterocycles. The monoisotopic (exact) mass is 337 g/mol. The quantitative estimate of drug-likeness (QED) is 0.833. The van der Waals surface area contributed by atoms with Crippen LogP contribution in [0.2, 0.25) is 0 Å². The molecule has 0 spiro atoms. The molecule has 0 aliphatic rings. The maximum absolute atomic E-state index is 3.61. The molecule has 1 N–H and O–H groups in total. The smallest absolute Gasteiger partial charge is 0.0731 e. The molecule has 0 radical (unpaired) electrons. The van der Waals surface area contributed by atoms with Crippen molar-refractivity contribution < 1.29 is 0 Å². The largest absolute Gasteiger partial charge is 0.312 e. The summed E-state index contributed by atoms with van der Waals surface area (Å²) in [5.41, 5.74) is 5.40. The maximum Gasteiger partial charge on any atom is 0.0731 e. The zero-order valence-electron chi connectivity index (χ0n) is 11.9. The van der Waals surface area contributed by atoms with Crippen LogP contribution < -0.4 is 5.32 Å². The summed E-state index contributed by atoms with van der Waals surface area (Å²) in [6.45, 7) is 6.47. The molecule has 2 aromatic rings. The van der Waals surface area contributed by atoms with E-state index in [9.17, 15) is 0 Å². The molecular weight excluding hydrogens is 318 g/mol. The number of likely N-dealkylation sites (N-methyl/N-ethyl adjacent to an activating group) is 1. The second-order valence-electron chi connectivity index (χ2n) is 5.15. The highest BCUT2D eigenvalue weighted by atomic mass is 79.9. The number of rotatable bonds is 4. The molecule has 0 fully saturated rings. The molecule has 1 aromatic carbocycles. The first kappa shape index (κ1) is 14.8. The second-order valence-corrected chi connectivity index (χ2v) is 7.55. The summed E-state index contributed by atoms with van der Waals surface area (Å²) in [5.74, 6) is 0. The van der Waals surface area contributed by atoms with Gasteiger partial charge >= 0.3 is 0 Å². The third-order valence-corrected chi connectivity index (χ3v) is 5.54. The fraction of sp³-hybridized carbons (Fsp3) is 0.375. The number of nitrogens with one attached hydrogen (secondary N) is 1. The van der Waals surface area contributed by atoms with E-state index in [1.54, 1.807) is 0 Å². The van der Waals surface area contributed by atoms with Gasteiger partial charge in [-0.25, -0.2) is 0 Å². The van der Waals surface area contributed by atoms with E-state index in [0.29, 0.717) is 6.04 Å². The van der Waals surface area contributed by atoms with Gasteiger partial charge in [0.1, 0.15) is 0 Å². The first-order chi connectivity index (χ1) is 8.99. The molecule has 0 bridgehead atoms. The Morgan fingerprint density at radius 3 is 2.21 bits per heavy atom. The van der Waals surface area contributed by atoms with E-state index in [-0.39, 0.29) is 0 Å². The van der Waals surface area contributed by atoms with Crippen LogP contribution in [0.5, 0.6) is 0 Å². The first-order valence-corrected chi connectivity index (χ1v) is 8.11. The lowest BCUT2D eigenvalue weighted by Gasteiger charge is -2.15. The van der Waals surface area contributed by atoms with Crippen molar-refractivity contribution in [1.29, 1.82) is 0 Å². The lowest BCUT2D eigenvalue weighted by Crippen LogP contribution is -2.17. The Kier molecular flexibility index (Phi) is 4.82. The van der Waals surface area contributed by atoms with Gasteiger partial charge in [0.25, 0.3) is 0 Å². The normalized spacial score (nSPS) is 12.7. The van der Waals surface area contributed by atoms with Crippen LogP contribution in [0, 0.1) is 20.8 Å². The Labute approximate surface area is 128 Å². The van der Waals surface area contributed by atoms with E-state index in [0.717, 1.165) is 6.42 Å². The van der Waals surface area contributed by atoms with Gasteiger partial charge in [0, 0.05) is 10.9 Å². The number of halogens is 1. The minimum Gasteiger partial charge on any atom is -0.312 e. The third kappa shape index (κ3) is 3.68. The van der Waals surface area contributed by atoms with Crippen LogP contribution in [-0.2, 0) is 6.42 Å². The minimum atomic E-state index is 0.385. The van der Waals surface area contributed by atoms with Gasteiger partial charge in [-0.1, -0.05) is 29.3 Å². The summed E-state index contributed by atoms with van der Waals surface area (Å²) >= 11 is 5.44. The van der Waals surface area contributed by atoms with E-state index in [1.807, 2.05) is 18.4 Å². The Morgan fingerprint density at radius 2 is 1.74 bits per heavy atom. The fourth-order valence-corrected chi connectivity index (χ4v) is 4.10. The zero-order valence-corrected chi connectivity index (χ0v) is 14.3. The molecule has 0 aliphatic heterocycles. The summed E-state index contributed by atoms with van der Waals surface area (Å²) in [6.07, 6.45) is 1.03. The predicted molar refractivity (Wildman–Crippen MR) is 88.2 cm³/mol. The average Bonchev–Trinajstić information content (AvgIpc) is 2.65. The molecule has 3 heteroatoms. The lowest BCUT2D eigenvalue weighted by molar-refractivity contribution is 0.601. The van der Waals surface area contributed by atoms with E-state index < -0.39 is 0 Å². The summed E-state index contributed by atoms with van der Waals surface area (Å²) in [4.78, 5) is 1.39. The summed E-state index contributed by atoms with van der Waals surface area (Å²) < 4.78 is 1.24. The van der Waals surface area contributed by atoms with Crippen molar-refractivity contribution >= 4 is 27.3 Å². The third-order valence-electron chi connectivity index (χ3n) is 3.29. The van der Waals surface area contributed by atoms with E-state index in [4.69, 9.17) is 0 Å². The fourth-order valence-electron chi connectivity index (χ4n) is 2.42. The van der Waals surface area contributed by atoms with Gasteiger partial charge in [0.05, 0.1) is 3.79 Å². The topological polar surface area (TPSA) is 12.0 Å². The molecule has 19 heavy (non-hydrogen) atoms. The van der Waals surface area contributed by atoms with E-state index in [1.165, 1.54) is 30.9 Å². The van der Waals surface area contributed by atoms with Gasteiger partial charge in [-0.2, -0.15) is 0 Å². The molecule has 0 aliphatic carbocycles. The summed E-state index contributed by atoms with van der Waals surface area (Å²) in [5, 5.41) is 3.44. The second kappa shape index (κ2) is 6.21. The van der Waals surface area contributed by atoms with Crippen LogP contribution in [-0.4, -0.2) is 7.05 Å². The molecule has 0 amide bonds. The van der Waals surface area contributed by atoms with Crippen LogP contribution in [0.4, 0.5) is 0 Å². The molecular formula is C16H20BrNS. The summed E-state index contributed by atoms with van der Waals surface area (Å²) in [7, 11) is 2.04. The SMILES string of the molecule is CNC(Cc1cc(C)cc(C)c1)c1cc(C)c(Br)s1. The molecule has 0 saturated carbocycles. The van der Waals surface area contributed by atoms with Crippen molar-refractivity contribution in [3.05, 3.63) is 55.2 Å². The maximum atomic E-state index is 3.61. The average molecular weight is 338 g/mol. The lowest BCUT2D eigenvalue weighted by atomic mass is 10.0. The molecule has 1 aromatic heterocycles. The van der Waals surface area contributed by atoms with Crippen LogP contribution in [0.25, 0.3) is 0 Å². The van der Waals surface area contributed by atoms with Crippen LogP contribution in [0.1, 0.15) is 33.2 Å². The van der Waals surface area contributed by atoms with Gasteiger partial charge in [-0.05, 0) is 67.4 Å². The van der Waals surface area contributed by atoms with Crippen molar-refractivity contribution in [3.63, 3.8) is 0 Å². The van der Waals surface area contributed by atoms with Gasteiger partial charge in [0.2, 0.25) is 0 Å². The molecule has 0 saturated heterocycles. The van der Waals surface area contributed by atoms with E-state index in [2.05, 4.69) is 66.3 Å². The zero-order chi connectivity index (χ0) is 14.0. The van der Waals surface area contributed by atoms with Crippen LogP contribution in [0.15, 0.2) is 28.1 Å². The predicted octanol–water partition coefficient (Wildman–Crippen LogP) is 4.94. The van der Waals surface area contributed by atoms with Gasteiger partial charge in [0.15, 0.2) is 0 Å². The van der Waals surface area contributed by atoms with Crippen molar-refractivity contribution in [1.82, 2.24) is 5.32 Å². The molecule has 1 unspecified atom stereocenters. The highest BCUT2D eigenvalue weighted by Crippen LogP contribution is 2.32. The van der Waals surface area contributed by atoms with Gasteiger partial charge < -0.3 is 5.32 Å². The van der Waals surface area contributed by atoms with E-state index >= 15 is 0 Å². The highest BCUT2D eigenvalue weighted by Gasteiger charge is 2.14. The van der Waals surface area contributed by atoms with Crippen molar-refractivity contribution in [2.75, 3.05) is 7.05 Å². The number of hydrogen-bond donors (Lipinski definition) is 1.